The van der Waals surface area contributed by atoms with E-state index in [-0.39, 0.29) is 17.9 Å². The molecule has 0 amide bonds. The zero-order valence-corrected chi connectivity index (χ0v) is 20.6. The second-order valence-electron chi connectivity index (χ2n) is 9.62. The number of fused-ring (bicyclic) bond motifs is 1. The van der Waals surface area contributed by atoms with Gasteiger partial charge < -0.3 is 5.73 Å². The fourth-order valence-corrected chi connectivity index (χ4v) is 4.67. The maximum atomic E-state index is 6.64. The molecule has 2 aromatic rings. The third-order valence-electron chi connectivity index (χ3n) is 6.44. The van der Waals surface area contributed by atoms with Crippen LogP contribution in [0.5, 0.6) is 0 Å². The van der Waals surface area contributed by atoms with Crippen molar-refractivity contribution < 1.29 is 0 Å². The van der Waals surface area contributed by atoms with Crippen molar-refractivity contribution in [1.29, 1.82) is 0 Å². The minimum absolute atomic E-state index is 0. The summed E-state index contributed by atoms with van der Waals surface area (Å²) in [5.74, 6) is 0.414. The van der Waals surface area contributed by atoms with E-state index in [4.69, 9.17) is 5.73 Å². The Balaban J connectivity index is 0.00000450. The zero-order valence-electron chi connectivity index (χ0n) is 19.8. The Hall–Kier alpha value is -1.05. The van der Waals surface area contributed by atoms with E-state index in [1.807, 2.05) is 0 Å². The van der Waals surface area contributed by atoms with Crippen molar-refractivity contribution in [3.8, 4) is 0 Å². The standard InChI is InChI=1S/C28H45N.ClH/c1-4-5-6-7-8-9-10-11-12-13-14-15-23-27(28(2,3)29)26-22-18-20-24-19-16-17-21-25(24)26;/h16-22,27H,4-15,23,29H2,1-3H3;1H. The Kier molecular flexibility index (Phi) is 13.4. The van der Waals surface area contributed by atoms with Gasteiger partial charge in [0.15, 0.2) is 0 Å². The highest BCUT2D eigenvalue weighted by atomic mass is 35.5. The highest BCUT2D eigenvalue weighted by molar-refractivity contribution is 5.86. The van der Waals surface area contributed by atoms with E-state index in [9.17, 15) is 0 Å². The van der Waals surface area contributed by atoms with Gasteiger partial charge in [-0.3, -0.25) is 0 Å². The number of halogens is 1. The quantitative estimate of drug-likeness (QED) is 0.279. The molecule has 0 heterocycles. The summed E-state index contributed by atoms with van der Waals surface area (Å²) in [6, 6.07) is 15.4. The second-order valence-corrected chi connectivity index (χ2v) is 9.62. The van der Waals surface area contributed by atoms with E-state index >= 15 is 0 Å². The normalized spacial score (nSPS) is 12.7. The minimum atomic E-state index is -0.193. The van der Waals surface area contributed by atoms with Gasteiger partial charge in [-0.2, -0.15) is 0 Å². The molecule has 2 N–H and O–H groups in total. The van der Waals surface area contributed by atoms with Gasteiger partial charge >= 0.3 is 0 Å². The first kappa shape index (κ1) is 27.0. The Labute approximate surface area is 192 Å². The Bertz CT molecular complexity index is 683. The molecule has 1 atom stereocenters. The van der Waals surface area contributed by atoms with Crippen LogP contribution >= 0.6 is 12.4 Å². The molecule has 1 nitrogen and oxygen atoms in total. The van der Waals surface area contributed by atoms with E-state index in [2.05, 4.69) is 63.2 Å². The van der Waals surface area contributed by atoms with Crippen LogP contribution in [0.15, 0.2) is 42.5 Å². The highest BCUT2D eigenvalue weighted by Crippen LogP contribution is 2.35. The van der Waals surface area contributed by atoms with E-state index in [1.54, 1.807) is 0 Å². The van der Waals surface area contributed by atoms with Crippen molar-refractivity contribution in [3.05, 3.63) is 48.0 Å². The Morgan fingerprint density at radius 1 is 0.700 bits per heavy atom. The van der Waals surface area contributed by atoms with Crippen molar-refractivity contribution >= 4 is 23.2 Å². The van der Waals surface area contributed by atoms with E-state index in [0.29, 0.717) is 5.92 Å². The summed E-state index contributed by atoms with van der Waals surface area (Å²) >= 11 is 0. The van der Waals surface area contributed by atoms with Gasteiger partial charge in [-0.15, -0.1) is 12.4 Å². The molecule has 0 aliphatic rings. The van der Waals surface area contributed by atoms with Gasteiger partial charge in [-0.25, -0.2) is 0 Å². The number of benzene rings is 2. The van der Waals surface area contributed by atoms with Crippen LogP contribution in [0.4, 0.5) is 0 Å². The molecule has 30 heavy (non-hydrogen) atoms. The van der Waals surface area contributed by atoms with Gasteiger partial charge in [0.1, 0.15) is 0 Å². The minimum Gasteiger partial charge on any atom is -0.325 e. The van der Waals surface area contributed by atoms with Crippen LogP contribution in [0.2, 0.25) is 0 Å². The van der Waals surface area contributed by atoms with Crippen LogP contribution in [0.1, 0.15) is 116 Å². The summed E-state index contributed by atoms with van der Waals surface area (Å²) < 4.78 is 0. The summed E-state index contributed by atoms with van der Waals surface area (Å²) in [5.41, 5.74) is 7.88. The molecule has 2 heteroatoms. The summed E-state index contributed by atoms with van der Waals surface area (Å²) in [4.78, 5) is 0. The van der Waals surface area contributed by atoms with Crippen LogP contribution < -0.4 is 5.73 Å². The van der Waals surface area contributed by atoms with Crippen LogP contribution in [0.25, 0.3) is 10.8 Å². The molecular weight excluding hydrogens is 386 g/mol. The largest absolute Gasteiger partial charge is 0.325 e. The lowest BCUT2D eigenvalue weighted by Crippen LogP contribution is -2.39. The van der Waals surface area contributed by atoms with Gasteiger partial charge in [-0.1, -0.05) is 126 Å². The molecule has 2 rings (SSSR count). The molecule has 0 aliphatic heterocycles. The van der Waals surface area contributed by atoms with E-state index in [1.165, 1.54) is 99.8 Å². The summed E-state index contributed by atoms with van der Waals surface area (Å²) in [5, 5.41) is 2.70. The molecule has 170 valence electrons. The van der Waals surface area contributed by atoms with Gasteiger partial charge in [0, 0.05) is 11.5 Å². The third kappa shape index (κ3) is 9.40. The van der Waals surface area contributed by atoms with Crippen LogP contribution in [0, 0.1) is 0 Å². The van der Waals surface area contributed by atoms with Crippen molar-refractivity contribution in [3.63, 3.8) is 0 Å². The molecule has 1 unspecified atom stereocenters. The van der Waals surface area contributed by atoms with Gasteiger partial charge in [0.25, 0.3) is 0 Å². The SMILES string of the molecule is CCCCCCCCCCCCCCC(c1cccc2ccccc12)C(C)(C)N.Cl. The van der Waals surface area contributed by atoms with Gasteiger partial charge in [-0.05, 0) is 36.6 Å². The summed E-state index contributed by atoms with van der Waals surface area (Å²) in [7, 11) is 0. The topological polar surface area (TPSA) is 26.0 Å². The smallest absolute Gasteiger partial charge is 0.0166 e. The number of hydrogen-bond acceptors (Lipinski definition) is 1. The Morgan fingerprint density at radius 3 is 1.77 bits per heavy atom. The third-order valence-corrected chi connectivity index (χ3v) is 6.44. The highest BCUT2D eigenvalue weighted by Gasteiger charge is 2.27. The van der Waals surface area contributed by atoms with Crippen molar-refractivity contribution in [1.82, 2.24) is 0 Å². The molecule has 0 aliphatic carbocycles. The number of unbranched alkanes of at least 4 members (excludes halogenated alkanes) is 11. The van der Waals surface area contributed by atoms with Gasteiger partial charge in [0.05, 0.1) is 0 Å². The number of hydrogen-bond donors (Lipinski definition) is 1. The first-order chi connectivity index (χ1) is 14.0. The van der Waals surface area contributed by atoms with Crippen molar-refractivity contribution in [2.45, 2.75) is 116 Å². The lowest BCUT2D eigenvalue weighted by atomic mass is 9.77. The van der Waals surface area contributed by atoms with E-state index in [0.717, 1.165) is 0 Å². The fourth-order valence-electron chi connectivity index (χ4n) is 4.67. The average molecular weight is 432 g/mol. The van der Waals surface area contributed by atoms with Crippen LogP contribution in [-0.4, -0.2) is 5.54 Å². The molecule has 0 saturated heterocycles. The molecule has 0 fully saturated rings. The average Bonchev–Trinajstić information content (AvgIpc) is 2.70. The molecule has 0 spiro atoms. The molecule has 0 aromatic heterocycles. The van der Waals surface area contributed by atoms with E-state index < -0.39 is 0 Å². The molecular formula is C28H46ClN. The first-order valence-electron chi connectivity index (χ1n) is 12.3. The van der Waals surface area contributed by atoms with Gasteiger partial charge in [0.2, 0.25) is 0 Å². The fraction of sp³-hybridized carbons (Fsp3) is 0.643. The molecule has 0 saturated carbocycles. The van der Waals surface area contributed by atoms with Crippen LogP contribution in [0.3, 0.4) is 0 Å². The number of nitrogens with two attached hydrogens (primary N) is 1. The maximum Gasteiger partial charge on any atom is 0.0166 e. The second kappa shape index (κ2) is 14.9. The lowest BCUT2D eigenvalue weighted by molar-refractivity contribution is 0.378. The predicted molar refractivity (Wildman–Crippen MR) is 138 cm³/mol. The summed E-state index contributed by atoms with van der Waals surface area (Å²) in [6.45, 7) is 6.68. The molecule has 0 radical (unpaired) electrons. The van der Waals surface area contributed by atoms with Crippen molar-refractivity contribution in [2.24, 2.45) is 5.73 Å². The van der Waals surface area contributed by atoms with Crippen molar-refractivity contribution in [2.75, 3.05) is 0 Å². The maximum absolute atomic E-state index is 6.64. The van der Waals surface area contributed by atoms with Crippen LogP contribution in [-0.2, 0) is 0 Å². The first-order valence-corrected chi connectivity index (χ1v) is 12.3. The summed E-state index contributed by atoms with van der Waals surface area (Å²) in [6.07, 6.45) is 18.0. The molecule has 2 aromatic carbocycles. The number of rotatable bonds is 15. The lowest BCUT2D eigenvalue weighted by Gasteiger charge is -2.32. The molecule has 0 bridgehead atoms. The predicted octanol–water partition coefficient (Wildman–Crippen LogP) is 9.17. The Morgan fingerprint density at radius 2 is 1.20 bits per heavy atom. The monoisotopic (exact) mass is 431 g/mol. The zero-order chi connectivity index (χ0) is 21.0.